The number of nitrogens with zero attached hydrogens (tertiary/aromatic N) is 1. The van der Waals surface area contributed by atoms with Gasteiger partial charge >= 0.3 is 6.03 Å². The number of hydrogen-bond donors (Lipinski definition) is 2. The van der Waals surface area contributed by atoms with Gasteiger partial charge in [-0.1, -0.05) is 12.1 Å². The molecule has 1 fully saturated rings. The number of carbonyl (C=O) groups excluding carboxylic acids is 2. The van der Waals surface area contributed by atoms with Gasteiger partial charge in [0.2, 0.25) is 5.91 Å². The first-order valence-corrected chi connectivity index (χ1v) is 7.86. The highest BCUT2D eigenvalue weighted by Crippen LogP contribution is 2.30. The van der Waals surface area contributed by atoms with Crippen LogP contribution in [0.4, 0.5) is 4.79 Å². The van der Waals surface area contributed by atoms with E-state index in [9.17, 15) is 9.59 Å². The molecule has 2 N–H and O–H groups in total. The largest absolute Gasteiger partial charge is 0.497 e. The minimum Gasteiger partial charge on any atom is -0.497 e. The lowest BCUT2D eigenvalue weighted by atomic mass is 9.81. The first-order valence-electron chi connectivity index (χ1n) is 7.86. The summed E-state index contributed by atoms with van der Waals surface area (Å²) in [6.45, 7) is 3.50. The Morgan fingerprint density at radius 3 is 2.87 bits per heavy atom. The maximum atomic E-state index is 12.6. The number of nitrogens with one attached hydrogen (secondary N) is 2. The lowest BCUT2D eigenvalue weighted by Crippen LogP contribution is -2.53. The Balaban J connectivity index is 1.97. The smallest absolute Gasteiger partial charge is 0.317 e. The van der Waals surface area contributed by atoms with Gasteiger partial charge in [0.05, 0.1) is 12.5 Å². The molecule has 1 saturated heterocycles. The molecule has 6 nitrogen and oxygen atoms in total. The predicted octanol–water partition coefficient (Wildman–Crippen LogP) is 1.75. The molecule has 1 aliphatic heterocycles. The van der Waals surface area contributed by atoms with Crippen molar-refractivity contribution in [1.29, 1.82) is 0 Å². The van der Waals surface area contributed by atoms with Crippen molar-refractivity contribution in [3.63, 3.8) is 0 Å². The monoisotopic (exact) mass is 319 g/mol. The van der Waals surface area contributed by atoms with Crippen LogP contribution in [0.15, 0.2) is 24.3 Å². The molecule has 0 aliphatic carbocycles. The minimum absolute atomic E-state index is 0.0195. The van der Waals surface area contributed by atoms with Crippen LogP contribution in [0.5, 0.6) is 5.75 Å². The highest BCUT2D eigenvalue weighted by molar-refractivity contribution is 5.84. The van der Waals surface area contributed by atoms with Crippen LogP contribution in [0.1, 0.15) is 25.3 Å². The highest BCUT2D eigenvalue weighted by Gasteiger charge is 2.39. The second-order valence-electron chi connectivity index (χ2n) is 6.18. The maximum Gasteiger partial charge on any atom is 0.317 e. The third kappa shape index (κ3) is 4.15. The Morgan fingerprint density at radius 2 is 2.17 bits per heavy atom. The molecule has 0 spiro atoms. The summed E-state index contributed by atoms with van der Waals surface area (Å²) >= 11 is 0. The number of ether oxygens (including phenoxy) is 1. The highest BCUT2D eigenvalue weighted by atomic mass is 16.5. The normalized spacial score (nSPS) is 20.7. The van der Waals surface area contributed by atoms with Crippen molar-refractivity contribution >= 4 is 11.9 Å². The van der Waals surface area contributed by atoms with Crippen LogP contribution in [-0.4, -0.2) is 44.1 Å². The molecule has 0 radical (unpaired) electrons. The molecule has 0 aromatic heterocycles. The first kappa shape index (κ1) is 17.1. The van der Waals surface area contributed by atoms with Gasteiger partial charge in [0.25, 0.3) is 0 Å². The predicted molar refractivity (Wildman–Crippen MR) is 88.2 cm³/mol. The fraction of sp³-hybridized carbons (Fsp3) is 0.529. The summed E-state index contributed by atoms with van der Waals surface area (Å²) in [5, 5.41) is 5.61. The fourth-order valence-corrected chi connectivity index (χ4v) is 2.93. The standard InChI is InChI=1S/C17H25N3O3/c1-17(8-5-9-20(12-17)16(22)18-2)15(21)19-11-13-6-4-7-14(10-13)23-3/h4,6-7,10H,5,8-9,11-12H2,1-3H3,(H,18,22)(H,19,21). The second-order valence-corrected chi connectivity index (χ2v) is 6.18. The Labute approximate surface area is 137 Å². The van der Waals surface area contributed by atoms with Crippen molar-refractivity contribution < 1.29 is 14.3 Å². The molecule has 1 aromatic rings. The third-order valence-electron chi connectivity index (χ3n) is 4.33. The Hall–Kier alpha value is -2.24. The lowest BCUT2D eigenvalue weighted by Gasteiger charge is -2.39. The van der Waals surface area contributed by atoms with Crippen molar-refractivity contribution in [1.82, 2.24) is 15.5 Å². The molecular formula is C17H25N3O3. The van der Waals surface area contributed by atoms with Gasteiger partial charge in [-0.2, -0.15) is 0 Å². The van der Waals surface area contributed by atoms with Gasteiger partial charge in [-0.25, -0.2) is 4.79 Å². The molecule has 0 saturated carbocycles. The Kier molecular flexibility index (Phi) is 5.47. The summed E-state index contributed by atoms with van der Waals surface area (Å²) < 4.78 is 5.19. The van der Waals surface area contributed by atoms with E-state index in [2.05, 4.69) is 10.6 Å². The number of carbonyl (C=O) groups is 2. The van der Waals surface area contributed by atoms with E-state index in [4.69, 9.17) is 4.74 Å². The summed E-state index contributed by atoms with van der Waals surface area (Å²) in [4.78, 5) is 26.1. The van der Waals surface area contributed by atoms with Crippen molar-refractivity contribution in [3.05, 3.63) is 29.8 Å². The second kappa shape index (κ2) is 7.35. The van der Waals surface area contributed by atoms with Crippen LogP contribution >= 0.6 is 0 Å². The fourth-order valence-electron chi connectivity index (χ4n) is 2.93. The molecule has 2 rings (SSSR count). The number of piperidine rings is 1. The van der Waals surface area contributed by atoms with E-state index in [-0.39, 0.29) is 11.9 Å². The molecule has 1 aliphatic rings. The van der Waals surface area contributed by atoms with Crippen LogP contribution < -0.4 is 15.4 Å². The van der Waals surface area contributed by atoms with Gasteiger partial charge < -0.3 is 20.3 Å². The SMILES string of the molecule is CNC(=O)N1CCCC(C)(C(=O)NCc2cccc(OC)c2)C1. The van der Waals surface area contributed by atoms with Crippen LogP contribution in [0.2, 0.25) is 0 Å². The summed E-state index contributed by atoms with van der Waals surface area (Å²) in [5.74, 6) is 0.750. The third-order valence-corrected chi connectivity index (χ3v) is 4.33. The quantitative estimate of drug-likeness (QED) is 0.888. The average molecular weight is 319 g/mol. The van der Waals surface area contributed by atoms with E-state index < -0.39 is 5.41 Å². The number of benzene rings is 1. The number of hydrogen-bond acceptors (Lipinski definition) is 3. The van der Waals surface area contributed by atoms with Crippen LogP contribution in [0.25, 0.3) is 0 Å². The first-order chi connectivity index (χ1) is 11.0. The molecule has 6 heteroatoms. The number of urea groups is 1. The minimum atomic E-state index is -0.552. The average Bonchev–Trinajstić information content (AvgIpc) is 2.59. The van der Waals surface area contributed by atoms with Gasteiger partial charge in [0.1, 0.15) is 5.75 Å². The van der Waals surface area contributed by atoms with E-state index in [1.54, 1.807) is 19.1 Å². The van der Waals surface area contributed by atoms with E-state index >= 15 is 0 Å². The van der Waals surface area contributed by atoms with Gasteiger partial charge in [0, 0.05) is 26.7 Å². The molecule has 1 unspecified atom stereocenters. The lowest BCUT2D eigenvalue weighted by molar-refractivity contribution is -0.132. The molecule has 1 aromatic carbocycles. The van der Waals surface area contributed by atoms with Crippen LogP contribution in [0.3, 0.4) is 0 Å². The molecule has 23 heavy (non-hydrogen) atoms. The number of methoxy groups -OCH3 is 1. The van der Waals surface area contributed by atoms with Crippen molar-refractivity contribution in [2.75, 3.05) is 27.2 Å². The maximum absolute atomic E-state index is 12.6. The topological polar surface area (TPSA) is 70.7 Å². The Bertz CT molecular complexity index is 576. The van der Waals surface area contributed by atoms with E-state index in [1.165, 1.54) is 0 Å². The Morgan fingerprint density at radius 1 is 1.39 bits per heavy atom. The van der Waals surface area contributed by atoms with Crippen molar-refractivity contribution in [3.8, 4) is 5.75 Å². The molecule has 3 amide bonds. The zero-order valence-electron chi connectivity index (χ0n) is 14.0. The summed E-state index contributed by atoms with van der Waals surface area (Å²) in [5.41, 5.74) is 0.434. The molecule has 126 valence electrons. The molecular weight excluding hydrogens is 294 g/mol. The molecule has 0 bridgehead atoms. The van der Waals surface area contributed by atoms with Crippen molar-refractivity contribution in [2.24, 2.45) is 5.41 Å². The summed E-state index contributed by atoms with van der Waals surface area (Å²) in [6, 6.07) is 7.49. The zero-order chi connectivity index (χ0) is 16.9. The van der Waals surface area contributed by atoms with E-state index in [0.717, 1.165) is 24.2 Å². The number of amides is 3. The number of likely N-dealkylation sites (tertiary alicyclic amines) is 1. The summed E-state index contributed by atoms with van der Waals surface area (Å²) in [7, 11) is 3.23. The van der Waals surface area contributed by atoms with Gasteiger partial charge in [0.15, 0.2) is 0 Å². The van der Waals surface area contributed by atoms with Gasteiger partial charge in [-0.3, -0.25) is 4.79 Å². The van der Waals surface area contributed by atoms with E-state index in [0.29, 0.717) is 19.6 Å². The van der Waals surface area contributed by atoms with E-state index in [1.807, 2.05) is 31.2 Å². The number of rotatable bonds is 4. The van der Waals surface area contributed by atoms with Crippen LogP contribution in [0, 0.1) is 5.41 Å². The van der Waals surface area contributed by atoms with Gasteiger partial charge in [-0.05, 0) is 37.5 Å². The zero-order valence-corrected chi connectivity index (χ0v) is 14.0. The molecule has 1 atom stereocenters. The van der Waals surface area contributed by atoms with Gasteiger partial charge in [-0.15, -0.1) is 0 Å². The summed E-state index contributed by atoms with van der Waals surface area (Å²) in [6.07, 6.45) is 1.61. The molecule has 1 heterocycles. The van der Waals surface area contributed by atoms with Crippen LogP contribution in [-0.2, 0) is 11.3 Å². The van der Waals surface area contributed by atoms with Crippen molar-refractivity contribution in [2.45, 2.75) is 26.3 Å².